The van der Waals surface area contributed by atoms with Crippen LogP contribution in [0.2, 0.25) is 0 Å². The predicted molar refractivity (Wildman–Crippen MR) is 76.2 cm³/mol. The molecule has 98 valence electrons. The van der Waals surface area contributed by atoms with Crippen LogP contribution in [0.5, 0.6) is 5.75 Å². The van der Waals surface area contributed by atoms with E-state index in [9.17, 15) is 5.11 Å². The summed E-state index contributed by atoms with van der Waals surface area (Å²) in [7, 11) is 0. The lowest BCUT2D eigenvalue weighted by Gasteiger charge is -2.17. The molecule has 3 rings (SSSR count). The zero-order valence-corrected chi connectivity index (χ0v) is 10.8. The molecule has 19 heavy (non-hydrogen) atoms. The maximum absolute atomic E-state index is 9.76. The van der Waals surface area contributed by atoms with Gasteiger partial charge >= 0.3 is 0 Å². The summed E-state index contributed by atoms with van der Waals surface area (Å²) in [6, 6.07) is 18.4. The fourth-order valence-electron chi connectivity index (χ4n) is 2.58. The molecule has 2 atom stereocenters. The third-order valence-corrected chi connectivity index (χ3v) is 3.67. The molecule has 1 fully saturated rings. The maximum Gasteiger partial charge on any atom is 0.124 e. The second kappa shape index (κ2) is 5.45. The minimum absolute atomic E-state index is 0.0393. The van der Waals surface area contributed by atoms with Crippen LogP contribution in [0.25, 0.3) is 11.1 Å². The first kappa shape index (κ1) is 12.2. The van der Waals surface area contributed by atoms with Gasteiger partial charge in [-0.2, -0.15) is 0 Å². The second-order valence-corrected chi connectivity index (χ2v) is 5.04. The van der Waals surface area contributed by atoms with Crippen LogP contribution in [0, 0.1) is 0 Å². The van der Waals surface area contributed by atoms with Crippen molar-refractivity contribution < 1.29 is 9.84 Å². The van der Waals surface area contributed by atoms with Gasteiger partial charge in [-0.15, -0.1) is 0 Å². The molecule has 0 aliphatic heterocycles. The van der Waals surface area contributed by atoms with Crippen molar-refractivity contribution in [1.29, 1.82) is 0 Å². The largest absolute Gasteiger partial charge is 0.488 e. The van der Waals surface area contributed by atoms with Crippen molar-refractivity contribution >= 4 is 0 Å². The third kappa shape index (κ3) is 2.79. The lowest BCUT2D eigenvalue weighted by Crippen LogP contribution is -2.25. The van der Waals surface area contributed by atoms with E-state index in [2.05, 4.69) is 24.3 Å². The fourth-order valence-corrected chi connectivity index (χ4v) is 2.58. The predicted octanol–water partition coefficient (Wildman–Crippen LogP) is 3.65. The van der Waals surface area contributed by atoms with Crippen LogP contribution in [0.15, 0.2) is 54.6 Å². The van der Waals surface area contributed by atoms with Gasteiger partial charge in [0.1, 0.15) is 11.9 Å². The van der Waals surface area contributed by atoms with E-state index in [4.69, 9.17) is 4.74 Å². The molecule has 2 nitrogen and oxygen atoms in total. The molecular formula is C17H18O2. The van der Waals surface area contributed by atoms with Gasteiger partial charge in [0, 0.05) is 0 Å². The zero-order chi connectivity index (χ0) is 13.1. The molecular weight excluding hydrogens is 236 g/mol. The molecule has 2 unspecified atom stereocenters. The van der Waals surface area contributed by atoms with Crippen molar-refractivity contribution in [2.45, 2.75) is 31.5 Å². The van der Waals surface area contributed by atoms with Crippen LogP contribution in [0.1, 0.15) is 19.3 Å². The SMILES string of the molecule is OC1CCCC1Oc1ccc(-c2ccccc2)cc1. The highest BCUT2D eigenvalue weighted by Gasteiger charge is 2.26. The van der Waals surface area contributed by atoms with Gasteiger partial charge in [-0.05, 0) is 42.5 Å². The molecule has 1 saturated carbocycles. The van der Waals surface area contributed by atoms with E-state index in [0.29, 0.717) is 0 Å². The number of benzene rings is 2. The molecule has 0 radical (unpaired) electrons. The van der Waals surface area contributed by atoms with Crippen LogP contribution < -0.4 is 4.74 Å². The Labute approximate surface area is 113 Å². The van der Waals surface area contributed by atoms with E-state index in [0.717, 1.165) is 25.0 Å². The first-order valence-electron chi connectivity index (χ1n) is 6.83. The van der Waals surface area contributed by atoms with Crippen LogP contribution >= 0.6 is 0 Å². The Balaban J connectivity index is 1.72. The summed E-state index contributed by atoms with van der Waals surface area (Å²) < 4.78 is 5.83. The molecule has 0 heterocycles. The van der Waals surface area contributed by atoms with Gasteiger partial charge in [-0.25, -0.2) is 0 Å². The van der Waals surface area contributed by atoms with Crippen molar-refractivity contribution in [3.05, 3.63) is 54.6 Å². The van der Waals surface area contributed by atoms with Gasteiger partial charge < -0.3 is 9.84 Å². The molecule has 0 bridgehead atoms. The molecule has 1 aliphatic rings. The number of hydrogen-bond acceptors (Lipinski definition) is 2. The van der Waals surface area contributed by atoms with Gasteiger partial charge in [0.2, 0.25) is 0 Å². The van der Waals surface area contributed by atoms with E-state index >= 15 is 0 Å². The summed E-state index contributed by atoms with van der Waals surface area (Å²) in [5.41, 5.74) is 2.38. The number of aliphatic hydroxyl groups is 1. The highest BCUT2D eigenvalue weighted by Crippen LogP contribution is 2.27. The number of ether oxygens (including phenoxy) is 1. The van der Waals surface area contributed by atoms with E-state index in [1.807, 2.05) is 30.3 Å². The zero-order valence-electron chi connectivity index (χ0n) is 10.8. The van der Waals surface area contributed by atoms with Crippen molar-refractivity contribution in [3.8, 4) is 16.9 Å². The Morgan fingerprint density at radius 3 is 2.16 bits per heavy atom. The van der Waals surface area contributed by atoms with E-state index in [1.165, 1.54) is 11.1 Å². The minimum atomic E-state index is -0.311. The van der Waals surface area contributed by atoms with E-state index in [-0.39, 0.29) is 12.2 Å². The lowest BCUT2D eigenvalue weighted by molar-refractivity contribution is 0.0604. The molecule has 2 aromatic rings. The summed E-state index contributed by atoms with van der Waals surface area (Å²) >= 11 is 0. The molecule has 2 aromatic carbocycles. The van der Waals surface area contributed by atoms with Crippen LogP contribution in [0.3, 0.4) is 0 Å². The summed E-state index contributed by atoms with van der Waals surface area (Å²) in [6.45, 7) is 0. The van der Waals surface area contributed by atoms with Gasteiger partial charge in [0.15, 0.2) is 0 Å². The molecule has 1 aliphatic carbocycles. The Kier molecular flexibility index (Phi) is 3.51. The van der Waals surface area contributed by atoms with Crippen LogP contribution in [0.4, 0.5) is 0 Å². The molecule has 1 N–H and O–H groups in total. The summed E-state index contributed by atoms with van der Waals surface area (Å²) in [5, 5.41) is 9.76. The highest BCUT2D eigenvalue weighted by atomic mass is 16.5. The minimum Gasteiger partial charge on any atom is -0.488 e. The Bertz CT molecular complexity index is 519. The smallest absolute Gasteiger partial charge is 0.124 e. The van der Waals surface area contributed by atoms with Gasteiger partial charge in [0.05, 0.1) is 6.10 Å². The quantitative estimate of drug-likeness (QED) is 0.906. The summed E-state index contributed by atoms with van der Waals surface area (Å²) in [4.78, 5) is 0. The van der Waals surface area contributed by atoms with E-state index < -0.39 is 0 Å². The topological polar surface area (TPSA) is 29.5 Å². The summed E-state index contributed by atoms with van der Waals surface area (Å²) in [6.07, 6.45) is 2.50. The molecule has 0 aromatic heterocycles. The van der Waals surface area contributed by atoms with Crippen LogP contribution in [-0.2, 0) is 0 Å². The lowest BCUT2D eigenvalue weighted by atomic mass is 10.1. The van der Waals surface area contributed by atoms with Gasteiger partial charge in [-0.1, -0.05) is 42.5 Å². The molecule has 0 spiro atoms. The average molecular weight is 254 g/mol. The molecule has 0 saturated heterocycles. The maximum atomic E-state index is 9.76. The number of aliphatic hydroxyl groups excluding tert-OH is 1. The van der Waals surface area contributed by atoms with Crippen molar-refractivity contribution in [3.63, 3.8) is 0 Å². The first-order chi connectivity index (χ1) is 9.33. The standard InChI is InChI=1S/C17H18O2/c18-16-7-4-8-17(16)19-15-11-9-14(10-12-15)13-5-2-1-3-6-13/h1-3,5-6,9-12,16-18H,4,7-8H2. The third-order valence-electron chi connectivity index (χ3n) is 3.67. The van der Waals surface area contributed by atoms with Crippen molar-refractivity contribution in [2.24, 2.45) is 0 Å². The van der Waals surface area contributed by atoms with Crippen molar-refractivity contribution in [1.82, 2.24) is 0 Å². The van der Waals surface area contributed by atoms with Gasteiger partial charge in [0.25, 0.3) is 0 Å². The Hall–Kier alpha value is -1.80. The number of hydrogen-bond donors (Lipinski definition) is 1. The van der Waals surface area contributed by atoms with Crippen molar-refractivity contribution in [2.75, 3.05) is 0 Å². The van der Waals surface area contributed by atoms with Gasteiger partial charge in [-0.3, -0.25) is 0 Å². The number of rotatable bonds is 3. The summed E-state index contributed by atoms with van der Waals surface area (Å²) in [5.74, 6) is 0.839. The Morgan fingerprint density at radius 2 is 1.53 bits per heavy atom. The first-order valence-corrected chi connectivity index (χ1v) is 6.83. The average Bonchev–Trinajstić information content (AvgIpc) is 2.86. The normalized spacial score (nSPS) is 22.4. The molecule has 2 heteroatoms. The Morgan fingerprint density at radius 1 is 0.842 bits per heavy atom. The fraction of sp³-hybridized carbons (Fsp3) is 0.294. The van der Waals surface area contributed by atoms with Crippen LogP contribution in [-0.4, -0.2) is 17.3 Å². The monoisotopic (exact) mass is 254 g/mol. The van der Waals surface area contributed by atoms with E-state index in [1.54, 1.807) is 0 Å². The highest BCUT2D eigenvalue weighted by molar-refractivity contribution is 5.63. The second-order valence-electron chi connectivity index (χ2n) is 5.04. The molecule has 0 amide bonds.